The van der Waals surface area contributed by atoms with Gasteiger partial charge in [-0.25, -0.2) is 0 Å². The Labute approximate surface area is 142 Å². The largest absolute Gasteiger partial charge is 0.349 e. The first kappa shape index (κ1) is 16.9. The van der Waals surface area contributed by atoms with Crippen molar-refractivity contribution in [1.29, 1.82) is 0 Å². The standard InChI is InChI=1S/C17H16BrN3O2/c1-3-6-20-16(22)12-8-13(10-19-9-12)17(23)21-14-4-5-15(18)11(2)7-14/h3-5,7-10H,1,6H2,2H3,(H,20,22)(H,21,23). The molecule has 2 rings (SSSR count). The highest BCUT2D eigenvalue weighted by Gasteiger charge is 2.11. The van der Waals surface area contributed by atoms with Crippen LogP contribution in [-0.2, 0) is 0 Å². The molecule has 1 heterocycles. The molecule has 0 saturated heterocycles. The lowest BCUT2D eigenvalue weighted by Gasteiger charge is -2.08. The van der Waals surface area contributed by atoms with Crippen molar-refractivity contribution in [2.24, 2.45) is 0 Å². The van der Waals surface area contributed by atoms with E-state index in [-0.39, 0.29) is 11.8 Å². The predicted molar refractivity (Wildman–Crippen MR) is 93.6 cm³/mol. The number of aryl methyl sites for hydroxylation is 1. The molecule has 0 atom stereocenters. The maximum absolute atomic E-state index is 12.3. The molecular weight excluding hydrogens is 358 g/mol. The van der Waals surface area contributed by atoms with E-state index in [1.807, 2.05) is 19.1 Å². The van der Waals surface area contributed by atoms with Crippen LogP contribution >= 0.6 is 15.9 Å². The number of pyridine rings is 1. The topological polar surface area (TPSA) is 71.1 Å². The summed E-state index contributed by atoms with van der Waals surface area (Å²) in [6.45, 7) is 5.83. The number of rotatable bonds is 5. The number of halogens is 1. The molecule has 23 heavy (non-hydrogen) atoms. The van der Waals surface area contributed by atoms with E-state index in [4.69, 9.17) is 0 Å². The summed E-state index contributed by atoms with van der Waals surface area (Å²) in [5, 5.41) is 5.43. The number of hydrogen-bond donors (Lipinski definition) is 2. The van der Waals surface area contributed by atoms with E-state index >= 15 is 0 Å². The summed E-state index contributed by atoms with van der Waals surface area (Å²) in [7, 11) is 0. The van der Waals surface area contributed by atoms with Crippen molar-refractivity contribution in [2.45, 2.75) is 6.92 Å². The van der Waals surface area contributed by atoms with Gasteiger partial charge in [0.25, 0.3) is 11.8 Å². The van der Waals surface area contributed by atoms with Crippen molar-refractivity contribution in [2.75, 3.05) is 11.9 Å². The van der Waals surface area contributed by atoms with E-state index in [9.17, 15) is 9.59 Å². The molecule has 0 fully saturated rings. The molecule has 2 aromatic rings. The van der Waals surface area contributed by atoms with Gasteiger partial charge in [0.05, 0.1) is 11.1 Å². The van der Waals surface area contributed by atoms with Gasteiger partial charge in [-0.1, -0.05) is 22.0 Å². The van der Waals surface area contributed by atoms with Gasteiger partial charge in [0.2, 0.25) is 0 Å². The Morgan fingerprint density at radius 1 is 1.22 bits per heavy atom. The van der Waals surface area contributed by atoms with Crippen molar-refractivity contribution in [1.82, 2.24) is 10.3 Å². The molecule has 0 radical (unpaired) electrons. The van der Waals surface area contributed by atoms with Crippen LogP contribution < -0.4 is 10.6 Å². The number of hydrogen-bond acceptors (Lipinski definition) is 3. The molecule has 0 aliphatic carbocycles. The van der Waals surface area contributed by atoms with Crippen LogP contribution in [-0.4, -0.2) is 23.3 Å². The Morgan fingerprint density at radius 3 is 2.57 bits per heavy atom. The number of anilines is 1. The highest BCUT2D eigenvalue weighted by molar-refractivity contribution is 9.10. The van der Waals surface area contributed by atoms with Crippen LogP contribution in [0, 0.1) is 6.92 Å². The predicted octanol–water partition coefficient (Wildman–Crippen LogP) is 3.32. The molecule has 6 heteroatoms. The van der Waals surface area contributed by atoms with Gasteiger partial charge >= 0.3 is 0 Å². The van der Waals surface area contributed by atoms with Crippen molar-refractivity contribution < 1.29 is 9.59 Å². The average Bonchev–Trinajstić information content (AvgIpc) is 2.56. The summed E-state index contributed by atoms with van der Waals surface area (Å²) in [5.41, 5.74) is 2.33. The molecule has 0 bridgehead atoms. The molecule has 2 amide bonds. The minimum absolute atomic E-state index is 0.300. The van der Waals surface area contributed by atoms with Crippen molar-refractivity contribution in [3.63, 3.8) is 0 Å². The number of aromatic nitrogens is 1. The third-order valence-electron chi connectivity index (χ3n) is 3.09. The van der Waals surface area contributed by atoms with Gasteiger partial charge in [0.1, 0.15) is 0 Å². The lowest BCUT2D eigenvalue weighted by atomic mass is 10.1. The van der Waals surface area contributed by atoms with Crippen LogP contribution in [0.1, 0.15) is 26.3 Å². The molecule has 0 aliphatic rings. The Kier molecular flexibility index (Phi) is 5.65. The fourth-order valence-corrected chi connectivity index (χ4v) is 2.13. The number of amides is 2. The minimum Gasteiger partial charge on any atom is -0.349 e. The van der Waals surface area contributed by atoms with Crippen LogP contribution in [0.4, 0.5) is 5.69 Å². The smallest absolute Gasteiger partial charge is 0.257 e. The fraction of sp³-hybridized carbons (Fsp3) is 0.118. The van der Waals surface area contributed by atoms with Crippen molar-refractivity contribution in [3.8, 4) is 0 Å². The average molecular weight is 374 g/mol. The number of benzene rings is 1. The van der Waals surface area contributed by atoms with Gasteiger partial charge < -0.3 is 10.6 Å². The Balaban J connectivity index is 2.14. The van der Waals surface area contributed by atoms with Crippen LogP contribution in [0.3, 0.4) is 0 Å². The second kappa shape index (κ2) is 7.69. The zero-order chi connectivity index (χ0) is 16.8. The van der Waals surface area contributed by atoms with Crippen LogP contribution in [0.15, 0.2) is 53.8 Å². The van der Waals surface area contributed by atoms with Gasteiger partial charge in [-0.05, 0) is 36.8 Å². The van der Waals surface area contributed by atoms with E-state index < -0.39 is 0 Å². The molecule has 5 nitrogen and oxygen atoms in total. The SMILES string of the molecule is C=CCNC(=O)c1cncc(C(=O)Nc2ccc(Br)c(C)c2)c1. The Hall–Kier alpha value is -2.47. The molecule has 2 N–H and O–H groups in total. The summed E-state index contributed by atoms with van der Waals surface area (Å²) in [6.07, 6.45) is 4.42. The summed E-state index contributed by atoms with van der Waals surface area (Å²) in [5.74, 6) is -0.621. The lowest BCUT2D eigenvalue weighted by Crippen LogP contribution is -2.24. The number of carbonyl (C=O) groups is 2. The minimum atomic E-state index is -0.322. The zero-order valence-corrected chi connectivity index (χ0v) is 14.2. The second-order valence-electron chi connectivity index (χ2n) is 4.88. The molecule has 118 valence electrons. The van der Waals surface area contributed by atoms with E-state index in [1.165, 1.54) is 18.5 Å². The molecule has 0 saturated carbocycles. The molecular formula is C17H16BrN3O2. The second-order valence-corrected chi connectivity index (χ2v) is 5.73. The molecule has 0 spiro atoms. The van der Waals surface area contributed by atoms with Crippen LogP contribution in [0.25, 0.3) is 0 Å². The highest BCUT2D eigenvalue weighted by Crippen LogP contribution is 2.20. The van der Waals surface area contributed by atoms with E-state index in [1.54, 1.807) is 12.1 Å². The third kappa shape index (κ3) is 4.50. The maximum atomic E-state index is 12.3. The highest BCUT2D eigenvalue weighted by atomic mass is 79.9. The first-order chi connectivity index (χ1) is 11.0. The monoisotopic (exact) mass is 373 g/mol. The van der Waals surface area contributed by atoms with Crippen molar-refractivity contribution >= 4 is 33.4 Å². The summed E-state index contributed by atoms with van der Waals surface area (Å²) >= 11 is 3.41. The normalized spacial score (nSPS) is 10.0. The summed E-state index contributed by atoms with van der Waals surface area (Å²) in [6, 6.07) is 7.02. The number of carbonyl (C=O) groups excluding carboxylic acids is 2. The summed E-state index contributed by atoms with van der Waals surface area (Å²) < 4.78 is 0.970. The van der Waals surface area contributed by atoms with E-state index in [2.05, 4.69) is 38.1 Å². The quantitative estimate of drug-likeness (QED) is 0.789. The summed E-state index contributed by atoms with van der Waals surface area (Å²) in [4.78, 5) is 28.1. The Bertz CT molecular complexity index is 759. The van der Waals surface area contributed by atoms with E-state index in [0.29, 0.717) is 23.4 Å². The molecule has 0 unspecified atom stereocenters. The fourth-order valence-electron chi connectivity index (χ4n) is 1.88. The van der Waals surface area contributed by atoms with Gasteiger partial charge in [0, 0.05) is 29.1 Å². The number of nitrogens with one attached hydrogen (secondary N) is 2. The van der Waals surface area contributed by atoms with Gasteiger partial charge in [-0.2, -0.15) is 0 Å². The van der Waals surface area contributed by atoms with Crippen LogP contribution in [0.5, 0.6) is 0 Å². The maximum Gasteiger partial charge on any atom is 0.257 e. The molecule has 1 aromatic carbocycles. The van der Waals surface area contributed by atoms with Crippen LogP contribution in [0.2, 0.25) is 0 Å². The third-order valence-corrected chi connectivity index (χ3v) is 3.98. The van der Waals surface area contributed by atoms with Gasteiger partial charge in [-0.15, -0.1) is 6.58 Å². The van der Waals surface area contributed by atoms with Gasteiger partial charge in [-0.3, -0.25) is 14.6 Å². The van der Waals surface area contributed by atoms with Crippen molar-refractivity contribution in [3.05, 3.63) is 70.5 Å². The first-order valence-electron chi connectivity index (χ1n) is 6.93. The van der Waals surface area contributed by atoms with E-state index in [0.717, 1.165) is 10.0 Å². The Morgan fingerprint density at radius 2 is 1.91 bits per heavy atom. The zero-order valence-electron chi connectivity index (χ0n) is 12.6. The molecule has 0 aliphatic heterocycles. The molecule has 1 aromatic heterocycles. The van der Waals surface area contributed by atoms with Gasteiger partial charge in [0.15, 0.2) is 0 Å². The number of nitrogens with zero attached hydrogens (tertiary/aromatic N) is 1. The first-order valence-corrected chi connectivity index (χ1v) is 7.72. The lowest BCUT2D eigenvalue weighted by molar-refractivity contribution is 0.0957.